The largest absolute Gasteiger partial charge is 0.391 e. The van der Waals surface area contributed by atoms with Crippen LogP contribution in [0.5, 0.6) is 0 Å². The highest BCUT2D eigenvalue weighted by Gasteiger charge is 2.03. The van der Waals surface area contributed by atoms with Crippen molar-refractivity contribution in [2.24, 2.45) is 0 Å². The lowest BCUT2D eigenvalue weighted by atomic mass is 10.2. The molecule has 90 valence electrons. The summed E-state index contributed by atoms with van der Waals surface area (Å²) >= 11 is 0. The van der Waals surface area contributed by atoms with E-state index in [4.69, 9.17) is 0 Å². The molecule has 1 aromatic carbocycles. The zero-order valence-electron chi connectivity index (χ0n) is 10.1. The van der Waals surface area contributed by atoms with Crippen molar-refractivity contribution in [1.82, 2.24) is 4.98 Å². The van der Waals surface area contributed by atoms with Crippen LogP contribution < -0.4 is 5.32 Å². The molecule has 0 aliphatic rings. The van der Waals surface area contributed by atoms with E-state index in [2.05, 4.69) is 17.2 Å². The van der Waals surface area contributed by atoms with Crippen molar-refractivity contribution in [3.05, 3.63) is 36.4 Å². The normalized spacial score (nSPS) is 12.6. The average molecular weight is 230 g/mol. The molecule has 1 heterocycles. The van der Waals surface area contributed by atoms with Crippen molar-refractivity contribution in [3.8, 4) is 0 Å². The number of anilines is 1. The van der Waals surface area contributed by atoms with E-state index in [-0.39, 0.29) is 6.10 Å². The number of para-hydroxylation sites is 1. The highest BCUT2D eigenvalue weighted by Crippen LogP contribution is 2.14. The number of nitrogens with zero attached hydrogens (tertiary/aromatic N) is 1. The van der Waals surface area contributed by atoms with E-state index in [9.17, 15) is 5.11 Å². The molecule has 3 heteroatoms. The highest BCUT2D eigenvalue weighted by molar-refractivity contribution is 5.79. The maximum atomic E-state index is 9.63. The number of aliphatic hydroxyl groups excluding tert-OH is 1. The van der Waals surface area contributed by atoms with Crippen molar-refractivity contribution in [1.29, 1.82) is 0 Å². The van der Waals surface area contributed by atoms with Gasteiger partial charge in [0.15, 0.2) is 0 Å². The first-order chi connectivity index (χ1) is 8.29. The van der Waals surface area contributed by atoms with E-state index in [1.807, 2.05) is 36.4 Å². The summed E-state index contributed by atoms with van der Waals surface area (Å²) in [5, 5.41) is 13.9. The average Bonchev–Trinajstić information content (AvgIpc) is 2.36. The fraction of sp³-hybridized carbons (Fsp3) is 0.357. The first-order valence-electron chi connectivity index (χ1n) is 6.07. The first kappa shape index (κ1) is 11.9. The standard InChI is InChI=1S/C14H18N2O/c1-2-5-12(17)10-15-14-9-8-11-6-3-4-7-13(11)16-14/h3-4,6-9,12,17H,2,5,10H2,1H3,(H,15,16). The summed E-state index contributed by atoms with van der Waals surface area (Å²) < 4.78 is 0. The second-order valence-electron chi connectivity index (χ2n) is 4.21. The minimum atomic E-state index is -0.298. The molecule has 17 heavy (non-hydrogen) atoms. The SMILES string of the molecule is CCCC(O)CNc1ccc2ccccc2n1. The van der Waals surface area contributed by atoms with Crippen molar-refractivity contribution in [3.63, 3.8) is 0 Å². The third-order valence-electron chi connectivity index (χ3n) is 2.74. The van der Waals surface area contributed by atoms with Crippen LogP contribution in [0.15, 0.2) is 36.4 Å². The molecule has 0 amide bonds. The molecule has 0 saturated heterocycles. The Bertz CT molecular complexity index is 484. The number of aliphatic hydroxyl groups is 1. The van der Waals surface area contributed by atoms with Crippen LogP contribution in [0.1, 0.15) is 19.8 Å². The molecule has 0 spiro atoms. The third kappa shape index (κ3) is 3.17. The molecule has 0 bridgehead atoms. The second-order valence-corrected chi connectivity index (χ2v) is 4.21. The van der Waals surface area contributed by atoms with Crippen LogP contribution in [0.4, 0.5) is 5.82 Å². The summed E-state index contributed by atoms with van der Waals surface area (Å²) in [6.07, 6.45) is 1.52. The van der Waals surface area contributed by atoms with Crippen LogP contribution in [0.3, 0.4) is 0 Å². The summed E-state index contributed by atoms with van der Waals surface area (Å²) in [5.41, 5.74) is 0.975. The molecule has 0 saturated carbocycles. The molecule has 0 radical (unpaired) electrons. The number of fused-ring (bicyclic) bond motifs is 1. The van der Waals surface area contributed by atoms with E-state index in [0.717, 1.165) is 29.6 Å². The van der Waals surface area contributed by atoms with Gasteiger partial charge in [0.2, 0.25) is 0 Å². The van der Waals surface area contributed by atoms with Gasteiger partial charge in [-0.3, -0.25) is 0 Å². The lowest BCUT2D eigenvalue weighted by Crippen LogP contribution is -2.19. The van der Waals surface area contributed by atoms with Crippen LogP contribution in [0.2, 0.25) is 0 Å². The topological polar surface area (TPSA) is 45.1 Å². The zero-order valence-corrected chi connectivity index (χ0v) is 10.1. The van der Waals surface area contributed by atoms with Crippen LogP contribution in [-0.2, 0) is 0 Å². The molecular weight excluding hydrogens is 212 g/mol. The quantitative estimate of drug-likeness (QED) is 0.830. The molecule has 0 fully saturated rings. The highest BCUT2D eigenvalue weighted by atomic mass is 16.3. The fourth-order valence-corrected chi connectivity index (χ4v) is 1.82. The lowest BCUT2D eigenvalue weighted by Gasteiger charge is -2.11. The number of benzene rings is 1. The van der Waals surface area contributed by atoms with E-state index < -0.39 is 0 Å². The van der Waals surface area contributed by atoms with Gasteiger partial charge in [-0.1, -0.05) is 31.5 Å². The molecule has 0 aliphatic carbocycles. The van der Waals surface area contributed by atoms with Crippen molar-refractivity contribution in [2.45, 2.75) is 25.9 Å². The van der Waals surface area contributed by atoms with E-state index in [1.165, 1.54) is 0 Å². The van der Waals surface area contributed by atoms with Gasteiger partial charge in [-0.15, -0.1) is 0 Å². The van der Waals surface area contributed by atoms with Crippen LogP contribution in [0.25, 0.3) is 10.9 Å². The van der Waals surface area contributed by atoms with Crippen molar-refractivity contribution < 1.29 is 5.11 Å². The molecule has 2 rings (SSSR count). The Labute approximate surface area is 102 Å². The van der Waals surface area contributed by atoms with Crippen molar-refractivity contribution in [2.75, 3.05) is 11.9 Å². The van der Waals surface area contributed by atoms with Gasteiger partial charge in [0.05, 0.1) is 11.6 Å². The van der Waals surface area contributed by atoms with E-state index in [1.54, 1.807) is 0 Å². The maximum absolute atomic E-state index is 9.63. The molecule has 0 aliphatic heterocycles. The minimum Gasteiger partial charge on any atom is -0.391 e. The number of pyridine rings is 1. The van der Waals surface area contributed by atoms with Gasteiger partial charge < -0.3 is 10.4 Å². The van der Waals surface area contributed by atoms with Gasteiger partial charge in [-0.25, -0.2) is 4.98 Å². The van der Waals surface area contributed by atoms with E-state index >= 15 is 0 Å². The van der Waals surface area contributed by atoms with Gasteiger partial charge >= 0.3 is 0 Å². The molecule has 2 N–H and O–H groups in total. The number of aromatic nitrogens is 1. The van der Waals surface area contributed by atoms with Gasteiger partial charge in [0.1, 0.15) is 5.82 Å². The molecule has 1 unspecified atom stereocenters. The predicted octanol–water partition coefficient (Wildman–Crippen LogP) is 2.81. The van der Waals surface area contributed by atoms with Gasteiger partial charge in [0.25, 0.3) is 0 Å². The Morgan fingerprint density at radius 3 is 2.88 bits per heavy atom. The second kappa shape index (κ2) is 5.64. The Balaban J connectivity index is 2.04. The fourth-order valence-electron chi connectivity index (χ4n) is 1.82. The number of nitrogens with one attached hydrogen (secondary N) is 1. The zero-order chi connectivity index (χ0) is 12.1. The molecule has 2 aromatic rings. The summed E-state index contributed by atoms with van der Waals surface area (Å²) in [6.45, 7) is 2.62. The Morgan fingerprint density at radius 2 is 2.06 bits per heavy atom. The Morgan fingerprint density at radius 1 is 1.24 bits per heavy atom. The van der Waals surface area contributed by atoms with Gasteiger partial charge in [-0.2, -0.15) is 0 Å². The Kier molecular flexibility index (Phi) is 3.94. The van der Waals surface area contributed by atoms with Crippen LogP contribution >= 0.6 is 0 Å². The smallest absolute Gasteiger partial charge is 0.126 e. The summed E-state index contributed by atoms with van der Waals surface area (Å²) in [6, 6.07) is 12.0. The van der Waals surface area contributed by atoms with Crippen LogP contribution in [-0.4, -0.2) is 22.7 Å². The number of rotatable bonds is 5. The number of hydrogen-bond donors (Lipinski definition) is 2. The lowest BCUT2D eigenvalue weighted by molar-refractivity contribution is 0.176. The molecule has 3 nitrogen and oxygen atoms in total. The molecule has 1 aromatic heterocycles. The summed E-state index contributed by atoms with van der Waals surface area (Å²) in [7, 11) is 0. The number of hydrogen-bond acceptors (Lipinski definition) is 3. The van der Waals surface area contributed by atoms with Crippen molar-refractivity contribution >= 4 is 16.7 Å². The maximum Gasteiger partial charge on any atom is 0.126 e. The molecular formula is C14H18N2O. The molecule has 1 atom stereocenters. The summed E-state index contributed by atoms with van der Waals surface area (Å²) in [4.78, 5) is 4.49. The van der Waals surface area contributed by atoms with Crippen LogP contribution in [0, 0.1) is 0 Å². The third-order valence-corrected chi connectivity index (χ3v) is 2.74. The minimum absolute atomic E-state index is 0.298. The monoisotopic (exact) mass is 230 g/mol. The summed E-state index contributed by atoms with van der Waals surface area (Å²) in [5.74, 6) is 0.818. The van der Waals surface area contributed by atoms with Gasteiger partial charge in [-0.05, 0) is 24.6 Å². The Hall–Kier alpha value is -1.61. The first-order valence-corrected chi connectivity index (χ1v) is 6.07. The van der Waals surface area contributed by atoms with Gasteiger partial charge in [0, 0.05) is 11.9 Å². The van der Waals surface area contributed by atoms with E-state index in [0.29, 0.717) is 6.54 Å². The predicted molar refractivity (Wildman–Crippen MR) is 71.1 cm³/mol.